The van der Waals surface area contributed by atoms with Gasteiger partial charge in [0, 0.05) is 26.3 Å². The second-order valence-corrected chi connectivity index (χ2v) is 8.02. The number of alkyl carbamates (subject to hydrolysis) is 2. The Morgan fingerprint density at radius 2 is 1.21 bits per heavy atom. The smallest absolute Gasteiger partial charge is 0.407 e. The minimum atomic E-state index is -0.378. The number of rotatable bonds is 14. The van der Waals surface area contributed by atoms with Crippen LogP contribution in [0, 0.1) is 23.7 Å². The molecule has 0 spiro atoms. The summed E-state index contributed by atoms with van der Waals surface area (Å²) in [4.78, 5) is 23.7. The highest BCUT2D eigenvalue weighted by atomic mass is 16.6. The van der Waals surface area contributed by atoms with Gasteiger partial charge in [-0.3, -0.25) is 0 Å². The molecule has 2 unspecified atom stereocenters. The first-order chi connectivity index (χ1) is 14.1. The Kier molecular flexibility index (Phi) is 11.2. The van der Waals surface area contributed by atoms with Crippen LogP contribution in [0.4, 0.5) is 9.59 Å². The van der Waals surface area contributed by atoms with E-state index in [1.807, 2.05) is 13.8 Å². The van der Waals surface area contributed by atoms with E-state index in [9.17, 15) is 9.59 Å². The molecule has 2 amide bonds. The summed E-state index contributed by atoms with van der Waals surface area (Å²) in [6.45, 7) is 8.14. The number of hydrogen-bond acceptors (Lipinski definition) is 6. The molecule has 0 aromatic carbocycles. The molecule has 0 aromatic heterocycles. The van der Waals surface area contributed by atoms with Gasteiger partial charge >= 0.3 is 12.2 Å². The summed E-state index contributed by atoms with van der Waals surface area (Å²) < 4.78 is 20.9. The van der Waals surface area contributed by atoms with Crippen molar-refractivity contribution in [2.75, 3.05) is 52.7 Å². The van der Waals surface area contributed by atoms with Gasteiger partial charge in [-0.1, -0.05) is 13.8 Å². The molecule has 2 rings (SSSR count). The van der Waals surface area contributed by atoms with Crippen LogP contribution in [-0.2, 0) is 18.9 Å². The molecule has 0 aliphatic heterocycles. The number of amides is 2. The minimum Gasteiger partial charge on any atom is -0.447 e. The summed E-state index contributed by atoms with van der Waals surface area (Å²) in [7, 11) is 0. The normalized spacial score (nSPS) is 25.0. The average molecular weight is 415 g/mol. The molecule has 2 bridgehead atoms. The molecule has 2 atom stereocenters. The zero-order valence-electron chi connectivity index (χ0n) is 18.0. The van der Waals surface area contributed by atoms with Gasteiger partial charge in [0.05, 0.1) is 13.2 Å². The predicted molar refractivity (Wildman–Crippen MR) is 109 cm³/mol. The van der Waals surface area contributed by atoms with Gasteiger partial charge in [-0.15, -0.1) is 0 Å². The fourth-order valence-electron chi connectivity index (χ4n) is 4.53. The fourth-order valence-corrected chi connectivity index (χ4v) is 4.53. The molecule has 29 heavy (non-hydrogen) atoms. The maximum atomic E-state index is 11.8. The van der Waals surface area contributed by atoms with Crippen LogP contribution in [0.25, 0.3) is 0 Å². The third-order valence-corrected chi connectivity index (χ3v) is 5.72. The van der Waals surface area contributed by atoms with Crippen molar-refractivity contribution < 1.29 is 28.5 Å². The Balaban J connectivity index is 1.57. The van der Waals surface area contributed by atoms with Gasteiger partial charge in [-0.05, 0) is 55.8 Å². The van der Waals surface area contributed by atoms with Crippen molar-refractivity contribution in [1.29, 1.82) is 0 Å². The summed E-state index contributed by atoms with van der Waals surface area (Å²) in [6, 6.07) is 0. The maximum absolute atomic E-state index is 11.8. The minimum absolute atomic E-state index is 0.278. The van der Waals surface area contributed by atoms with Gasteiger partial charge in [-0.25, -0.2) is 9.59 Å². The second kappa shape index (κ2) is 13.6. The lowest BCUT2D eigenvalue weighted by Gasteiger charge is -2.29. The largest absolute Gasteiger partial charge is 0.447 e. The number of carbonyl (C=O) groups excluding carboxylic acids is 2. The zero-order chi connectivity index (χ0) is 20.9. The number of hydrogen-bond donors (Lipinski definition) is 2. The number of nitrogens with one attached hydrogen (secondary N) is 2. The second-order valence-electron chi connectivity index (χ2n) is 8.02. The first-order valence-corrected chi connectivity index (χ1v) is 11.1. The first kappa shape index (κ1) is 23.7. The van der Waals surface area contributed by atoms with Crippen LogP contribution in [0.3, 0.4) is 0 Å². The lowest BCUT2D eigenvalue weighted by molar-refractivity contribution is 0.0709. The van der Waals surface area contributed by atoms with E-state index in [-0.39, 0.29) is 25.4 Å². The molecule has 0 heterocycles. The van der Waals surface area contributed by atoms with Crippen LogP contribution < -0.4 is 10.6 Å². The molecule has 2 N–H and O–H groups in total. The molecule has 8 heteroatoms. The number of fused-ring (bicyclic) bond motifs is 2. The fraction of sp³-hybridized carbons (Fsp3) is 0.905. The summed E-state index contributed by atoms with van der Waals surface area (Å²) in [5, 5.41) is 5.78. The molecular formula is C21H38N2O6. The Hall–Kier alpha value is -1.54. The first-order valence-electron chi connectivity index (χ1n) is 11.1. The standard InChI is InChI=1S/C21H38N2O6/c1-3-5-26-7-9-28-20(24)22-14-17-11-16-12-18(19(17)13-16)15-23-21(25)29-10-8-27-6-4-2/h16-19H,3-15H2,1-2H3,(H,22,24)(H,23,25). The topological polar surface area (TPSA) is 95.1 Å². The molecule has 2 aliphatic carbocycles. The molecular weight excluding hydrogens is 376 g/mol. The molecule has 168 valence electrons. The van der Waals surface area contributed by atoms with Crippen molar-refractivity contribution in [2.24, 2.45) is 23.7 Å². The zero-order valence-corrected chi connectivity index (χ0v) is 18.0. The third-order valence-electron chi connectivity index (χ3n) is 5.72. The van der Waals surface area contributed by atoms with E-state index >= 15 is 0 Å². The van der Waals surface area contributed by atoms with Crippen molar-refractivity contribution in [1.82, 2.24) is 10.6 Å². The predicted octanol–water partition coefficient (Wildman–Crippen LogP) is 2.95. The lowest BCUT2D eigenvalue weighted by Crippen LogP contribution is -2.38. The van der Waals surface area contributed by atoms with Crippen LogP contribution in [-0.4, -0.2) is 64.9 Å². The van der Waals surface area contributed by atoms with Crippen LogP contribution in [0.5, 0.6) is 0 Å². The van der Waals surface area contributed by atoms with Gasteiger partial charge in [0.1, 0.15) is 13.2 Å². The Labute approximate surface area is 174 Å². The van der Waals surface area contributed by atoms with Crippen LogP contribution in [0.1, 0.15) is 46.0 Å². The summed E-state index contributed by atoms with van der Waals surface area (Å²) >= 11 is 0. The van der Waals surface area contributed by atoms with Crippen molar-refractivity contribution in [2.45, 2.75) is 46.0 Å². The van der Waals surface area contributed by atoms with Crippen LogP contribution >= 0.6 is 0 Å². The van der Waals surface area contributed by atoms with E-state index < -0.39 is 0 Å². The van der Waals surface area contributed by atoms with Crippen LogP contribution in [0.2, 0.25) is 0 Å². The average Bonchev–Trinajstić information content (AvgIpc) is 3.30. The summed E-state index contributed by atoms with van der Waals surface area (Å²) in [6.07, 6.45) is 4.61. The quantitative estimate of drug-likeness (QED) is 0.424. The van der Waals surface area contributed by atoms with Crippen molar-refractivity contribution >= 4 is 12.2 Å². The Morgan fingerprint density at radius 3 is 1.62 bits per heavy atom. The van der Waals surface area contributed by atoms with Gasteiger partial charge in [-0.2, -0.15) is 0 Å². The highest BCUT2D eigenvalue weighted by molar-refractivity contribution is 5.67. The maximum Gasteiger partial charge on any atom is 0.407 e. The molecule has 0 saturated heterocycles. The number of ether oxygens (including phenoxy) is 4. The molecule has 2 saturated carbocycles. The van der Waals surface area contributed by atoms with Crippen molar-refractivity contribution in [3.63, 3.8) is 0 Å². The van der Waals surface area contributed by atoms with Crippen molar-refractivity contribution in [3.8, 4) is 0 Å². The summed E-state index contributed by atoms with van der Waals surface area (Å²) in [5.74, 6) is 2.11. The van der Waals surface area contributed by atoms with E-state index in [0.717, 1.165) is 25.7 Å². The van der Waals surface area contributed by atoms with Crippen LogP contribution in [0.15, 0.2) is 0 Å². The Morgan fingerprint density at radius 1 is 0.724 bits per heavy atom. The molecule has 0 aromatic rings. The molecule has 2 fully saturated rings. The molecule has 8 nitrogen and oxygen atoms in total. The SMILES string of the molecule is CCCOCCOC(=O)NCC1CC2CC(CNC(=O)OCCOCCC)C1C2. The monoisotopic (exact) mass is 414 g/mol. The Bertz CT molecular complexity index is 450. The lowest BCUT2D eigenvalue weighted by atomic mass is 9.80. The molecule has 2 aliphatic rings. The van der Waals surface area contributed by atoms with Gasteiger partial charge in [0.25, 0.3) is 0 Å². The van der Waals surface area contributed by atoms with E-state index in [2.05, 4.69) is 10.6 Å². The van der Waals surface area contributed by atoms with Crippen molar-refractivity contribution in [3.05, 3.63) is 0 Å². The van der Waals surface area contributed by atoms with Gasteiger partial charge < -0.3 is 29.6 Å². The van der Waals surface area contributed by atoms with Gasteiger partial charge in [0.15, 0.2) is 0 Å². The highest BCUT2D eigenvalue weighted by Crippen LogP contribution is 2.51. The van der Waals surface area contributed by atoms with E-state index in [1.165, 1.54) is 6.42 Å². The number of carbonyl (C=O) groups is 2. The highest BCUT2D eigenvalue weighted by Gasteiger charge is 2.45. The van der Waals surface area contributed by atoms with E-state index in [4.69, 9.17) is 18.9 Å². The van der Waals surface area contributed by atoms with E-state index in [0.29, 0.717) is 63.2 Å². The van der Waals surface area contributed by atoms with E-state index in [1.54, 1.807) is 0 Å². The summed E-state index contributed by atoms with van der Waals surface area (Å²) in [5.41, 5.74) is 0. The molecule has 0 radical (unpaired) electrons. The third kappa shape index (κ3) is 8.78. The van der Waals surface area contributed by atoms with Gasteiger partial charge in [0.2, 0.25) is 0 Å².